The number of hydrogen-bond acceptors (Lipinski definition) is 4. The number of benzene rings is 2. The van der Waals surface area contributed by atoms with Gasteiger partial charge in [0, 0.05) is 5.92 Å². The minimum Gasteiger partial charge on any atom is -0.246 e. The number of nitrogens with zero attached hydrogens (tertiary/aromatic N) is 6. The van der Waals surface area contributed by atoms with Crippen LogP contribution in [0.4, 0.5) is 0 Å². The summed E-state index contributed by atoms with van der Waals surface area (Å²) in [6.07, 6.45) is 7.60. The summed E-state index contributed by atoms with van der Waals surface area (Å²) in [6.45, 7) is 3.99. The zero-order valence-corrected chi connectivity index (χ0v) is 21.4. The lowest BCUT2D eigenvalue weighted by molar-refractivity contribution is 0.147. The first kappa shape index (κ1) is 23.8. The third-order valence-electron chi connectivity index (χ3n) is 7.99. The van der Waals surface area contributed by atoms with Gasteiger partial charge >= 0.3 is 22.8 Å². The van der Waals surface area contributed by atoms with Gasteiger partial charge in [0.15, 0.2) is 0 Å². The van der Waals surface area contributed by atoms with Crippen LogP contribution in [0.25, 0.3) is 11.4 Å². The molecule has 1 fully saturated rings. The molecule has 1 saturated carbocycles. The SMILES string of the molecule is CC1=C2C([C]3[CH][CH][CH][CH]3)n3c(=O)n(-c4ccccc4)c(=O)n3CC2(C)n2c(=O)n(-c3ccccc3)c(=O)n2C1. The Hall–Kier alpha value is -4.34. The molecule has 2 atom stereocenters. The molecule has 10 heteroatoms. The fourth-order valence-corrected chi connectivity index (χ4v) is 6.44. The normalized spacial score (nSPS) is 22.6. The Labute approximate surface area is 223 Å². The number of para-hydroxylation sites is 2. The molecule has 39 heavy (non-hydrogen) atoms. The van der Waals surface area contributed by atoms with E-state index in [0.717, 1.165) is 21.6 Å². The molecule has 7 rings (SSSR count). The minimum absolute atomic E-state index is 0.00292. The molecule has 195 valence electrons. The van der Waals surface area contributed by atoms with Gasteiger partial charge in [-0.05, 0) is 74.9 Å². The van der Waals surface area contributed by atoms with Crippen molar-refractivity contribution in [2.45, 2.75) is 38.5 Å². The van der Waals surface area contributed by atoms with Gasteiger partial charge in [0.25, 0.3) is 0 Å². The second kappa shape index (κ2) is 8.33. The Morgan fingerprint density at radius 1 is 0.718 bits per heavy atom. The van der Waals surface area contributed by atoms with Crippen LogP contribution in [-0.2, 0) is 18.6 Å². The molecule has 4 aromatic rings. The predicted molar refractivity (Wildman–Crippen MR) is 144 cm³/mol. The van der Waals surface area contributed by atoms with Crippen LogP contribution >= 0.6 is 0 Å². The minimum atomic E-state index is -1.10. The van der Waals surface area contributed by atoms with E-state index in [1.807, 2.05) is 51.7 Å². The van der Waals surface area contributed by atoms with Gasteiger partial charge in [-0.1, -0.05) is 36.4 Å². The van der Waals surface area contributed by atoms with Crippen LogP contribution < -0.4 is 22.8 Å². The molecule has 4 heterocycles. The predicted octanol–water partition coefficient (Wildman–Crippen LogP) is 1.62. The highest BCUT2D eigenvalue weighted by Crippen LogP contribution is 2.48. The summed E-state index contributed by atoms with van der Waals surface area (Å²) < 4.78 is 8.16. The molecule has 0 spiro atoms. The van der Waals surface area contributed by atoms with Crippen molar-refractivity contribution in [2.75, 3.05) is 0 Å². The van der Waals surface area contributed by atoms with Gasteiger partial charge in [0.2, 0.25) is 0 Å². The third kappa shape index (κ3) is 3.14. The summed E-state index contributed by atoms with van der Waals surface area (Å²) in [4.78, 5) is 55.4. The molecule has 0 amide bonds. The Balaban J connectivity index is 1.53. The lowest BCUT2D eigenvalue weighted by atomic mass is 9.75. The summed E-state index contributed by atoms with van der Waals surface area (Å²) >= 11 is 0. The number of allylic oxidation sites excluding steroid dienone is 2. The van der Waals surface area contributed by atoms with E-state index in [9.17, 15) is 19.2 Å². The van der Waals surface area contributed by atoms with Gasteiger partial charge in [0.1, 0.15) is 5.54 Å². The van der Waals surface area contributed by atoms with Crippen molar-refractivity contribution in [2.24, 2.45) is 0 Å². The molecule has 2 aliphatic heterocycles. The van der Waals surface area contributed by atoms with Gasteiger partial charge in [-0.2, -0.15) is 0 Å². The Morgan fingerprint density at radius 3 is 1.85 bits per heavy atom. The average molecular weight is 522 g/mol. The van der Waals surface area contributed by atoms with Crippen LogP contribution in [0.2, 0.25) is 0 Å². The zero-order chi connectivity index (χ0) is 27.1. The molecule has 5 radical (unpaired) electrons. The van der Waals surface area contributed by atoms with Crippen LogP contribution in [0.1, 0.15) is 19.9 Å². The maximum absolute atomic E-state index is 14.0. The van der Waals surface area contributed by atoms with Crippen LogP contribution in [0.5, 0.6) is 0 Å². The van der Waals surface area contributed by atoms with Crippen molar-refractivity contribution in [3.8, 4) is 11.4 Å². The number of hydrogen-bond donors (Lipinski definition) is 0. The molecule has 1 aliphatic carbocycles. The van der Waals surface area contributed by atoms with Crippen molar-refractivity contribution in [3.63, 3.8) is 0 Å². The molecule has 2 aromatic heterocycles. The third-order valence-corrected chi connectivity index (χ3v) is 7.99. The van der Waals surface area contributed by atoms with E-state index in [1.165, 1.54) is 23.3 Å². The van der Waals surface area contributed by atoms with Gasteiger partial charge in [-0.15, -0.1) is 0 Å². The smallest absolute Gasteiger partial charge is 0.246 e. The van der Waals surface area contributed by atoms with Gasteiger partial charge in [0.05, 0.1) is 30.5 Å². The summed E-state index contributed by atoms with van der Waals surface area (Å²) in [5.41, 5.74) is -0.377. The van der Waals surface area contributed by atoms with Crippen molar-refractivity contribution in [1.82, 2.24) is 27.9 Å². The largest absolute Gasteiger partial charge is 0.352 e. The topological polar surface area (TPSA) is 97.9 Å². The lowest BCUT2D eigenvalue weighted by Crippen LogP contribution is -2.58. The van der Waals surface area contributed by atoms with E-state index < -0.39 is 34.3 Å². The van der Waals surface area contributed by atoms with E-state index in [4.69, 9.17) is 0 Å². The van der Waals surface area contributed by atoms with Crippen LogP contribution in [-0.4, -0.2) is 27.9 Å². The van der Waals surface area contributed by atoms with Gasteiger partial charge < -0.3 is 0 Å². The fourth-order valence-electron chi connectivity index (χ4n) is 6.44. The van der Waals surface area contributed by atoms with E-state index in [0.29, 0.717) is 11.4 Å². The molecular formula is C29H25N6O4. The summed E-state index contributed by atoms with van der Waals surface area (Å²) in [5.74, 6) is 0.822. The summed E-state index contributed by atoms with van der Waals surface area (Å²) in [6, 6.07) is 17.0. The summed E-state index contributed by atoms with van der Waals surface area (Å²) in [7, 11) is 0. The molecule has 2 aromatic carbocycles. The van der Waals surface area contributed by atoms with Crippen molar-refractivity contribution >= 4 is 0 Å². The highest BCUT2D eigenvalue weighted by Gasteiger charge is 2.52. The standard InChI is InChI=1S/C29H25N6O4/c1-19-17-30-25(36)33(22-15-7-4-8-16-22)28(39)35(30)29(2)18-31-26(37)32(21-13-5-3-6-14-21)27(38)34(31)24(23(19)29)20-11-9-10-12-20/h3-16,24H,17-18H2,1-2H3. The Bertz CT molecular complexity index is 1880. The average Bonchev–Trinajstić information content (AvgIpc) is 3.61. The monoisotopic (exact) mass is 521 g/mol. The van der Waals surface area contributed by atoms with Crippen LogP contribution in [0.15, 0.2) is 91.0 Å². The highest BCUT2D eigenvalue weighted by atomic mass is 16.2. The van der Waals surface area contributed by atoms with Crippen molar-refractivity contribution < 1.29 is 0 Å². The Morgan fingerprint density at radius 2 is 1.26 bits per heavy atom. The van der Waals surface area contributed by atoms with E-state index in [-0.39, 0.29) is 13.1 Å². The Kier molecular flexibility index (Phi) is 5.07. The number of aromatic nitrogens is 6. The maximum Gasteiger partial charge on any atom is 0.352 e. The van der Waals surface area contributed by atoms with Gasteiger partial charge in [-0.25, -0.2) is 47.0 Å². The molecule has 10 nitrogen and oxygen atoms in total. The molecule has 3 aliphatic rings. The lowest BCUT2D eigenvalue weighted by Gasteiger charge is -2.47. The molecule has 2 unspecified atom stereocenters. The number of fused-ring (bicyclic) bond motifs is 4. The fraction of sp³-hybridized carbons (Fsp3) is 0.207. The first-order valence-corrected chi connectivity index (χ1v) is 12.8. The quantitative estimate of drug-likeness (QED) is 0.383. The zero-order valence-electron chi connectivity index (χ0n) is 21.4. The highest BCUT2D eigenvalue weighted by molar-refractivity contribution is 5.47. The van der Waals surface area contributed by atoms with Crippen molar-refractivity contribution in [3.05, 3.63) is 145 Å². The van der Waals surface area contributed by atoms with Crippen LogP contribution in [0.3, 0.4) is 0 Å². The summed E-state index contributed by atoms with van der Waals surface area (Å²) in [5, 5.41) is 0. The second-order valence-electron chi connectivity index (χ2n) is 10.3. The number of rotatable bonds is 3. The molecule has 0 N–H and O–H groups in total. The van der Waals surface area contributed by atoms with E-state index in [1.54, 1.807) is 48.5 Å². The van der Waals surface area contributed by atoms with Crippen molar-refractivity contribution in [1.29, 1.82) is 0 Å². The first-order valence-electron chi connectivity index (χ1n) is 12.8. The van der Waals surface area contributed by atoms with Crippen LogP contribution in [0, 0.1) is 31.6 Å². The van der Waals surface area contributed by atoms with Gasteiger partial charge in [-0.3, -0.25) is 0 Å². The second-order valence-corrected chi connectivity index (χ2v) is 10.3. The molecular weight excluding hydrogens is 496 g/mol. The molecule has 0 bridgehead atoms. The van der Waals surface area contributed by atoms with E-state index >= 15 is 0 Å². The first-order chi connectivity index (χ1) is 18.8. The maximum atomic E-state index is 14.0. The van der Waals surface area contributed by atoms with E-state index in [2.05, 4.69) is 0 Å². The molecule has 0 saturated heterocycles.